The molecule has 0 fully saturated rings. The van der Waals surface area contributed by atoms with Gasteiger partial charge < -0.3 is 14.2 Å². The van der Waals surface area contributed by atoms with Crippen molar-refractivity contribution in [3.63, 3.8) is 0 Å². The molecule has 156 valence electrons. The van der Waals surface area contributed by atoms with Gasteiger partial charge in [-0.1, -0.05) is 66.7 Å². The maximum absolute atomic E-state index is 12.5. The second-order valence-electron chi connectivity index (χ2n) is 7.85. The summed E-state index contributed by atoms with van der Waals surface area (Å²) in [6, 6.07) is 20.0. The zero-order chi connectivity index (χ0) is 21.0. The number of carbonyl (C=O) groups excluding carboxylic acids is 1. The Hall–Kier alpha value is -2.43. The molecule has 4 heteroatoms. The number of esters is 1. The highest BCUT2D eigenvalue weighted by Gasteiger charge is 2.19. The van der Waals surface area contributed by atoms with Crippen LogP contribution in [0.5, 0.6) is 0 Å². The van der Waals surface area contributed by atoms with Crippen molar-refractivity contribution in [3.05, 3.63) is 83.4 Å². The first-order valence-electron chi connectivity index (χ1n) is 10.1. The first-order chi connectivity index (χ1) is 13.9. The molecular formula is C25H32O4. The quantitative estimate of drug-likeness (QED) is 0.287. The van der Waals surface area contributed by atoms with Gasteiger partial charge in [0.15, 0.2) is 0 Å². The first-order valence-corrected chi connectivity index (χ1v) is 10.1. The molecule has 0 spiro atoms. The number of hydrogen-bond acceptors (Lipinski definition) is 4. The molecule has 0 bridgehead atoms. The third-order valence-electron chi connectivity index (χ3n) is 4.05. The Bertz CT molecular complexity index is 745. The molecule has 0 aromatic heterocycles. The van der Waals surface area contributed by atoms with E-state index in [-0.39, 0.29) is 5.97 Å². The lowest BCUT2D eigenvalue weighted by Crippen LogP contribution is -2.25. The molecule has 0 saturated carbocycles. The largest absolute Gasteiger partial charge is 0.457 e. The zero-order valence-electron chi connectivity index (χ0n) is 17.7. The van der Waals surface area contributed by atoms with Crippen LogP contribution in [-0.4, -0.2) is 24.8 Å². The number of ether oxygens (including phenoxy) is 3. The Balaban J connectivity index is 1.81. The summed E-state index contributed by atoms with van der Waals surface area (Å²) in [7, 11) is 0. The van der Waals surface area contributed by atoms with Crippen molar-refractivity contribution in [2.45, 2.75) is 52.4 Å². The summed E-state index contributed by atoms with van der Waals surface area (Å²) >= 11 is 0. The highest BCUT2D eigenvalue weighted by molar-refractivity contribution is 5.88. The molecule has 0 amide bonds. The van der Waals surface area contributed by atoms with Crippen molar-refractivity contribution in [2.75, 3.05) is 13.2 Å². The summed E-state index contributed by atoms with van der Waals surface area (Å²) in [6.45, 7) is 7.72. The topological polar surface area (TPSA) is 44.8 Å². The van der Waals surface area contributed by atoms with E-state index in [9.17, 15) is 4.79 Å². The minimum absolute atomic E-state index is 0.288. The van der Waals surface area contributed by atoms with Gasteiger partial charge in [-0.05, 0) is 38.3 Å². The smallest absolute Gasteiger partial charge is 0.334 e. The standard InChI is InChI=1S/C25H32O4/c1-25(2,3)29-24(26)23(16-18-28-20-22-13-8-5-9-14-22)15-10-17-27-19-21-11-6-4-7-12-21/h4-9,11-15H,10,16-20H2,1-3H3. The molecule has 2 aromatic carbocycles. The van der Waals surface area contributed by atoms with E-state index in [4.69, 9.17) is 14.2 Å². The number of hydrogen-bond donors (Lipinski definition) is 0. The summed E-state index contributed by atoms with van der Waals surface area (Å²) in [5, 5.41) is 0. The summed E-state index contributed by atoms with van der Waals surface area (Å²) in [5.41, 5.74) is 2.37. The van der Waals surface area contributed by atoms with Gasteiger partial charge >= 0.3 is 5.97 Å². The van der Waals surface area contributed by atoms with Crippen LogP contribution in [0.3, 0.4) is 0 Å². The summed E-state index contributed by atoms with van der Waals surface area (Å²) in [6.07, 6.45) is 3.07. The van der Waals surface area contributed by atoms with Gasteiger partial charge in [0.2, 0.25) is 0 Å². The van der Waals surface area contributed by atoms with Crippen LogP contribution in [0.25, 0.3) is 0 Å². The molecule has 2 rings (SSSR count). The van der Waals surface area contributed by atoms with E-state index < -0.39 is 5.60 Å². The van der Waals surface area contributed by atoms with Gasteiger partial charge in [0, 0.05) is 12.0 Å². The average Bonchev–Trinajstić information content (AvgIpc) is 2.69. The zero-order valence-corrected chi connectivity index (χ0v) is 17.7. The molecule has 4 nitrogen and oxygen atoms in total. The van der Waals surface area contributed by atoms with Crippen molar-refractivity contribution in [1.82, 2.24) is 0 Å². The van der Waals surface area contributed by atoms with E-state index in [1.165, 1.54) is 0 Å². The van der Waals surface area contributed by atoms with Crippen molar-refractivity contribution < 1.29 is 19.0 Å². The van der Waals surface area contributed by atoms with Crippen LogP contribution in [0.15, 0.2) is 72.3 Å². The van der Waals surface area contributed by atoms with Gasteiger partial charge in [0.05, 0.1) is 26.4 Å². The SMILES string of the molecule is CC(C)(C)OC(=O)C(=CCCOCc1ccccc1)CCOCc1ccccc1. The highest BCUT2D eigenvalue weighted by atomic mass is 16.6. The lowest BCUT2D eigenvalue weighted by molar-refractivity contribution is -0.150. The second kappa shape index (κ2) is 12.2. The Morgan fingerprint density at radius 1 is 0.828 bits per heavy atom. The van der Waals surface area contributed by atoms with Crippen LogP contribution in [0.2, 0.25) is 0 Å². The summed E-state index contributed by atoms with van der Waals surface area (Å²) in [5.74, 6) is -0.288. The molecule has 0 aliphatic rings. The molecule has 0 atom stereocenters. The van der Waals surface area contributed by atoms with Crippen LogP contribution >= 0.6 is 0 Å². The molecule has 29 heavy (non-hydrogen) atoms. The van der Waals surface area contributed by atoms with Gasteiger partial charge in [-0.25, -0.2) is 4.79 Å². The summed E-state index contributed by atoms with van der Waals surface area (Å²) in [4.78, 5) is 12.5. The fraction of sp³-hybridized carbons (Fsp3) is 0.400. The lowest BCUT2D eigenvalue weighted by Gasteiger charge is -2.20. The maximum Gasteiger partial charge on any atom is 0.334 e. The van der Waals surface area contributed by atoms with E-state index in [0.29, 0.717) is 44.8 Å². The van der Waals surface area contributed by atoms with Gasteiger partial charge in [-0.15, -0.1) is 0 Å². The fourth-order valence-electron chi connectivity index (χ4n) is 2.66. The number of carbonyl (C=O) groups is 1. The van der Waals surface area contributed by atoms with Crippen LogP contribution < -0.4 is 0 Å². The van der Waals surface area contributed by atoms with Crippen molar-refractivity contribution in [3.8, 4) is 0 Å². The highest BCUT2D eigenvalue weighted by Crippen LogP contribution is 2.15. The molecule has 0 saturated heterocycles. The molecule has 0 radical (unpaired) electrons. The first kappa shape index (κ1) is 22.9. The third kappa shape index (κ3) is 10.1. The van der Waals surface area contributed by atoms with Gasteiger partial charge in [-0.2, -0.15) is 0 Å². The predicted octanol–water partition coefficient (Wildman–Crippen LogP) is 5.47. The van der Waals surface area contributed by atoms with E-state index in [1.54, 1.807) is 0 Å². The van der Waals surface area contributed by atoms with Gasteiger partial charge in [-0.3, -0.25) is 0 Å². The van der Waals surface area contributed by atoms with Crippen molar-refractivity contribution in [2.24, 2.45) is 0 Å². The molecular weight excluding hydrogens is 364 g/mol. The Kier molecular flexibility index (Phi) is 9.62. The molecule has 0 heterocycles. The van der Waals surface area contributed by atoms with Gasteiger partial charge in [0.25, 0.3) is 0 Å². The molecule has 0 unspecified atom stereocenters. The summed E-state index contributed by atoms with van der Waals surface area (Å²) < 4.78 is 17.0. The van der Waals surface area contributed by atoms with Crippen LogP contribution in [0, 0.1) is 0 Å². The van der Waals surface area contributed by atoms with Crippen molar-refractivity contribution >= 4 is 5.97 Å². The average molecular weight is 397 g/mol. The molecule has 0 N–H and O–H groups in total. The second-order valence-corrected chi connectivity index (χ2v) is 7.85. The molecule has 2 aromatic rings. The Morgan fingerprint density at radius 2 is 1.34 bits per heavy atom. The normalized spacial score (nSPS) is 12.0. The van der Waals surface area contributed by atoms with E-state index in [0.717, 1.165) is 11.1 Å². The lowest BCUT2D eigenvalue weighted by atomic mass is 10.1. The van der Waals surface area contributed by atoms with Crippen LogP contribution in [0.4, 0.5) is 0 Å². The Labute approximate surface area is 174 Å². The monoisotopic (exact) mass is 396 g/mol. The van der Waals surface area contributed by atoms with Crippen LogP contribution in [-0.2, 0) is 32.2 Å². The van der Waals surface area contributed by atoms with Crippen LogP contribution in [0.1, 0.15) is 44.7 Å². The number of benzene rings is 2. The van der Waals surface area contributed by atoms with Gasteiger partial charge in [0.1, 0.15) is 5.60 Å². The van der Waals surface area contributed by atoms with E-state index in [1.807, 2.05) is 87.5 Å². The minimum Gasteiger partial charge on any atom is -0.457 e. The fourth-order valence-corrected chi connectivity index (χ4v) is 2.66. The predicted molar refractivity (Wildman–Crippen MR) is 115 cm³/mol. The Morgan fingerprint density at radius 3 is 1.86 bits per heavy atom. The molecule has 0 aliphatic carbocycles. The van der Waals surface area contributed by atoms with E-state index in [2.05, 4.69) is 0 Å². The minimum atomic E-state index is -0.523. The molecule has 0 aliphatic heterocycles. The van der Waals surface area contributed by atoms with Crippen molar-refractivity contribution in [1.29, 1.82) is 0 Å². The number of rotatable bonds is 11. The third-order valence-corrected chi connectivity index (χ3v) is 4.05. The maximum atomic E-state index is 12.5. The van der Waals surface area contributed by atoms with E-state index >= 15 is 0 Å².